The second-order valence-electron chi connectivity index (χ2n) is 5.94. The number of carbonyl (C=O) groups is 1. The van der Waals surface area contributed by atoms with E-state index in [-0.39, 0.29) is 24.1 Å². The van der Waals surface area contributed by atoms with Crippen molar-refractivity contribution in [2.24, 2.45) is 11.3 Å². The Hall–Kier alpha value is -2.19. The summed E-state index contributed by atoms with van der Waals surface area (Å²) < 4.78 is 1.32. The van der Waals surface area contributed by atoms with Gasteiger partial charge < -0.3 is 15.3 Å². The van der Waals surface area contributed by atoms with E-state index >= 15 is 0 Å². The minimum atomic E-state index is -1.20. The zero-order valence-electron chi connectivity index (χ0n) is 11.6. The molecular weight excluding hydrogens is 292 g/mol. The van der Waals surface area contributed by atoms with Crippen LogP contribution in [0.25, 0.3) is 6.08 Å². The standard InChI is InChI=1S/C14H16N2O6/c17-6-14-4-8(14)9(3-10(14)18)16-5-7(1-2-11(19)20)12(21)15-13(16)22/h1-2,5,8-10,17-18H,3-4,6H2,(H,19,20)(H,15,21,22)/b2-1+/t8-,9+,10+,14?/m1/s1. The molecule has 8 nitrogen and oxygen atoms in total. The average Bonchev–Trinajstić information content (AvgIpc) is 3.13. The highest BCUT2D eigenvalue weighted by Gasteiger charge is 2.67. The molecule has 3 rings (SSSR count). The Bertz CT molecular complexity index is 763. The summed E-state index contributed by atoms with van der Waals surface area (Å²) in [5.74, 6) is -1.22. The van der Waals surface area contributed by atoms with Crippen LogP contribution >= 0.6 is 0 Å². The van der Waals surface area contributed by atoms with E-state index in [1.807, 2.05) is 0 Å². The highest BCUT2D eigenvalue weighted by Crippen LogP contribution is 2.66. The molecule has 0 amide bonds. The van der Waals surface area contributed by atoms with E-state index < -0.39 is 28.7 Å². The topological polar surface area (TPSA) is 133 Å². The molecule has 1 heterocycles. The molecule has 1 aromatic heterocycles. The Labute approximate surface area is 124 Å². The van der Waals surface area contributed by atoms with Gasteiger partial charge in [0.1, 0.15) is 0 Å². The smallest absolute Gasteiger partial charge is 0.328 e. The van der Waals surface area contributed by atoms with E-state index in [9.17, 15) is 24.6 Å². The van der Waals surface area contributed by atoms with Crippen LogP contribution in [0.1, 0.15) is 24.4 Å². The zero-order chi connectivity index (χ0) is 16.1. The molecule has 0 spiro atoms. The molecule has 2 saturated carbocycles. The predicted molar refractivity (Wildman–Crippen MR) is 75.3 cm³/mol. The monoisotopic (exact) mass is 308 g/mol. The minimum Gasteiger partial charge on any atom is -0.478 e. The van der Waals surface area contributed by atoms with Crippen LogP contribution < -0.4 is 11.2 Å². The molecule has 1 aromatic rings. The first-order valence-corrected chi connectivity index (χ1v) is 6.94. The van der Waals surface area contributed by atoms with Gasteiger partial charge in [0.2, 0.25) is 0 Å². The molecule has 0 saturated heterocycles. The third kappa shape index (κ3) is 2.11. The number of aliphatic hydroxyl groups excluding tert-OH is 2. The first-order valence-electron chi connectivity index (χ1n) is 6.94. The normalized spacial score (nSPS) is 33.1. The molecule has 2 aliphatic carbocycles. The largest absolute Gasteiger partial charge is 0.478 e. The average molecular weight is 308 g/mol. The molecule has 118 valence electrons. The van der Waals surface area contributed by atoms with E-state index in [1.165, 1.54) is 10.8 Å². The molecule has 0 aromatic carbocycles. The highest BCUT2D eigenvalue weighted by molar-refractivity contribution is 5.85. The number of nitrogens with one attached hydrogen (secondary N) is 1. The summed E-state index contributed by atoms with van der Waals surface area (Å²) in [6.45, 7) is -0.140. The molecule has 1 unspecified atom stereocenters. The van der Waals surface area contributed by atoms with Crippen molar-refractivity contribution >= 4 is 12.0 Å². The van der Waals surface area contributed by atoms with Crippen LogP contribution in [0.15, 0.2) is 21.9 Å². The third-order valence-electron chi connectivity index (χ3n) is 4.82. The number of rotatable bonds is 4. The fourth-order valence-electron chi connectivity index (χ4n) is 3.50. The van der Waals surface area contributed by atoms with Gasteiger partial charge in [0, 0.05) is 23.7 Å². The molecule has 4 N–H and O–H groups in total. The third-order valence-corrected chi connectivity index (χ3v) is 4.82. The number of H-pyrrole nitrogens is 1. The van der Waals surface area contributed by atoms with Crippen molar-refractivity contribution in [3.05, 3.63) is 38.7 Å². The number of aliphatic carboxylic acids is 1. The first-order chi connectivity index (χ1) is 10.4. The van der Waals surface area contributed by atoms with Crippen molar-refractivity contribution < 1.29 is 20.1 Å². The number of nitrogens with zero attached hydrogens (tertiary/aromatic N) is 1. The minimum absolute atomic E-state index is 0.0209. The van der Waals surface area contributed by atoms with Crippen molar-refractivity contribution in [3.63, 3.8) is 0 Å². The molecule has 2 fully saturated rings. The zero-order valence-corrected chi connectivity index (χ0v) is 11.6. The molecule has 22 heavy (non-hydrogen) atoms. The van der Waals surface area contributed by atoms with E-state index in [4.69, 9.17) is 5.11 Å². The molecule has 0 bridgehead atoms. The summed E-state index contributed by atoms with van der Waals surface area (Å²) in [5, 5.41) is 28.1. The summed E-state index contributed by atoms with van der Waals surface area (Å²) >= 11 is 0. The number of aromatic nitrogens is 2. The highest BCUT2D eigenvalue weighted by atomic mass is 16.4. The summed E-state index contributed by atoms with van der Waals surface area (Å²) in [7, 11) is 0. The summed E-state index contributed by atoms with van der Waals surface area (Å²) in [6.07, 6.45) is 3.50. The van der Waals surface area contributed by atoms with Gasteiger partial charge in [-0.25, -0.2) is 9.59 Å². The number of fused-ring (bicyclic) bond motifs is 1. The van der Waals surface area contributed by atoms with Gasteiger partial charge in [-0.15, -0.1) is 0 Å². The van der Waals surface area contributed by atoms with Crippen LogP contribution in [0.5, 0.6) is 0 Å². The quantitative estimate of drug-likeness (QED) is 0.524. The first kappa shape index (κ1) is 14.7. The molecule has 0 radical (unpaired) electrons. The predicted octanol–water partition coefficient (Wildman–Crippen LogP) is -1.06. The van der Waals surface area contributed by atoms with Gasteiger partial charge in [0.05, 0.1) is 18.3 Å². The van der Waals surface area contributed by atoms with Gasteiger partial charge in [-0.2, -0.15) is 0 Å². The maximum Gasteiger partial charge on any atom is 0.328 e. The summed E-state index contributed by atoms with van der Waals surface area (Å²) in [5.41, 5.74) is -1.76. The van der Waals surface area contributed by atoms with Crippen LogP contribution in [0.3, 0.4) is 0 Å². The Balaban J connectivity index is 1.99. The Morgan fingerprint density at radius 1 is 1.50 bits per heavy atom. The number of aliphatic hydroxyl groups is 2. The summed E-state index contributed by atoms with van der Waals surface area (Å²) in [4.78, 5) is 36.4. The molecular formula is C14H16N2O6. The van der Waals surface area contributed by atoms with Gasteiger partial charge in [-0.05, 0) is 24.8 Å². The van der Waals surface area contributed by atoms with E-state index in [0.717, 1.165) is 12.2 Å². The number of hydrogen-bond acceptors (Lipinski definition) is 5. The van der Waals surface area contributed by atoms with Crippen LogP contribution in [-0.2, 0) is 4.79 Å². The van der Waals surface area contributed by atoms with E-state index in [2.05, 4.69) is 4.98 Å². The molecule has 0 aliphatic heterocycles. The second kappa shape index (κ2) is 4.92. The number of hydrogen-bond donors (Lipinski definition) is 4. The lowest BCUT2D eigenvalue weighted by Gasteiger charge is -2.17. The second-order valence-corrected chi connectivity index (χ2v) is 5.94. The van der Waals surface area contributed by atoms with Crippen LogP contribution in [0.2, 0.25) is 0 Å². The fourth-order valence-corrected chi connectivity index (χ4v) is 3.50. The van der Waals surface area contributed by atoms with Crippen molar-refractivity contribution in [3.8, 4) is 0 Å². The Kier molecular flexibility index (Phi) is 3.30. The van der Waals surface area contributed by atoms with Crippen molar-refractivity contribution in [2.45, 2.75) is 25.0 Å². The van der Waals surface area contributed by atoms with Gasteiger partial charge in [0.25, 0.3) is 5.56 Å². The van der Waals surface area contributed by atoms with Gasteiger partial charge in [-0.1, -0.05) is 0 Å². The van der Waals surface area contributed by atoms with E-state index in [0.29, 0.717) is 12.8 Å². The number of carboxylic acid groups (broad SMARTS) is 1. The summed E-state index contributed by atoms with van der Waals surface area (Å²) in [6, 6.07) is -0.316. The van der Waals surface area contributed by atoms with Crippen LogP contribution in [0.4, 0.5) is 0 Å². The van der Waals surface area contributed by atoms with Gasteiger partial charge >= 0.3 is 11.7 Å². The van der Waals surface area contributed by atoms with Crippen LogP contribution in [0, 0.1) is 11.3 Å². The lowest BCUT2D eigenvalue weighted by atomic mass is 10.0. The maximum absolute atomic E-state index is 12.0. The lowest BCUT2D eigenvalue weighted by Crippen LogP contribution is -2.33. The van der Waals surface area contributed by atoms with Gasteiger partial charge in [-0.3, -0.25) is 14.3 Å². The van der Waals surface area contributed by atoms with Crippen molar-refractivity contribution in [1.29, 1.82) is 0 Å². The molecule has 4 atom stereocenters. The SMILES string of the molecule is O=C(O)/C=C/c1cn([C@H]2C[C@H](O)C3(CO)C[C@H]23)c(=O)[nH]c1=O. The number of aromatic amines is 1. The van der Waals surface area contributed by atoms with Crippen LogP contribution in [-0.4, -0.2) is 43.6 Å². The lowest BCUT2D eigenvalue weighted by molar-refractivity contribution is -0.131. The Morgan fingerprint density at radius 2 is 2.23 bits per heavy atom. The van der Waals surface area contributed by atoms with Crippen molar-refractivity contribution in [1.82, 2.24) is 9.55 Å². The Morgan fingerprint density at radius 3 is 2.77 bits per heavy atom. The van der Waals surface area contributed by atoms with Crippen molar-refractivity contribution in [2.75, 3.05) is 6.61 Å². The fraction of sp³-hybridized carbons (Fsp3) is 0.500. The molecule has 8 heteroatoms. The maximum atomic E-state index is 12.0. The molecule has 2 aliphatic rings. The number of carboxylic acids is 1. The van der Waals surface area contributed by atoms with E-state index in [1.54, 1.807) is 0 Å². The van der Waals surface area contributed by atoms with Gasteiger partial charge in [0.15, 0.2) is 0 Å².